The maximum absolute atomic E-state index is 10.6. The quantitative estimate of drug-likeness (QED) is 0.568. The normalized spacial score (nSPS) is 10.5. The third kappa shape index (κ3) is 1.48. The minimum Gasteiger partial charge on any atom is -0.242 e. The van der Waals surface area contributed by atoms with Crippen molar-refractivity contribution in [2.45, 2.75) is 13.8 Å². The van der Waals surface area contributed by atoms with Crippen molar-refractivity contribution in [2.24, 2.45) is 5.29 Å². The van der Waals surface area contributed by atoms with Crippen molar-refractivity contribution in [3.05, 3.63) is 40.9 Å². The Morgan fingerprint density at radius 1 is 1.40 bits per heavy atom. The van der Waals surface area contributed by atoms with Gasteiger partial charge < -0.3 is 0 Å². The second-order valence-electron chi connectivity index (χ2n) is 3.44. The molecule has 0 radical (unpaired) electrons. The zero-order chi connectivity index (χ0) is 10.8. The molecule has 2 aromatic rings. The SMILES string of the molecule is CCN(N=O)n1cc(C)c2ccccc21. The van der Waals surface area contributed by atoms with E-state index in [0.29, 0.717) is 6.54 Å². The fourth-order valence-corrected chi connectivity index (χ4v) is 1.77. The lowest BCUT2D eigenvalue weighted by atomic mass is 10.2. The van der Waals surface area contributed by atoms with Crippen LogP contribution in [0, 0.1) is 11.8 Å². The van der Waals surface area contributed by atoms with E-state index in [1.54, 1.807) is 4.68 Å². The molecule has 0 N–H and O–H groups in total. The summed E-state index contributed by atoms with van der Waals surface area (Å²) in [7, 11) is 0. The van der Waals surface area contributed by atoms with Crippen LogP contribution >= 0.6 is 0 Å². The number of hydrogen-bond donors (Lipinski definition) is 0. The van der Waals surface area contributed by atoms with E-state index in [4.69, 9.17) is 0 Å². The number of aromatic nitrogens is 1. The van der Waals surface area contributed by atoms with Crippen LogP contribution in [0.15, 0.2) is 35.7 Å². The number of para-hydroxylation sites is 1. The molecule has 1 heterocycles. The zero-order valence-electron chi connectivity index (χ0n) is 8.84. The van der Waals surface area contributed by atoms with Crippen LogP contribution in [0.2, 0.25) is 0 Å². The Hall–Kier alpha value is -1.84. The summed E-state index contributed by atoms with van der Waals surface area (Å²) in [6, 6.07) is 7.97. The highest BCUT2D eigenvalue weighted by Gasteiger charge is 2.09. The lowest BCUT2D eigenvalue weighted by molar-refractivity contribution is 0.642. The highest BCUT2D eigenvalue weighted by Crippen LogP contribution is 2.20. The van der Waals surface area contributed by atoms with Crippen LogP contribution in [0.25, 0.3) is 10.9 Å². The van der Waals surface area contributed by atoms with E-state index >= 15 is 0 Å². The molecule has 0 aliphatic carbocycles. The number of benzene rings is 1. The van der Waals surface area contributed by atoms with Crippen LogP contribution in [-0.2, 0) is 0 Å². The monoisotopic (exact) mass is 203 g/mol. The van der Waals surface area contributed by atoms with Gasteiger partial charge in [0.05, 0.1) is 17.3 Å². The van der Waals surface area contributed by atoms with E-state index in [0.717, 1.165) is 16.5 Å². The van der Waals surface area contributed by atoms with Gasteiger partial charge in [0.1, 0.15) is 0 Å². The summed E-state index contributed by atoms with van der Waals surface area (Å²) in [6.45, 7) is 4.48. The zero-order valence-corrected chi connectivity index (χ0v) is 8.84. The Morgan fingerprint density at radius 3 is 2.80 bits per heavy atom. The van der Waals surface area contributed by atoms with Crippen molar-refractivity contribution >= 4 is 10.9 Å². The number of aryl methyl sites for hydroxylation is 1. The van der Waals surface area contributed by atoms with E-state index in [1.165, 1.54) is 5.12 Å². The summed E-state index contributed by atoms with van der Waals surface area (Å²) in [4.78, 5) is 10.6. The van der Waals surface area contributed by atoms with Crippen molar-refractivity contribution in [1.82, 2.24) is 4.68 Å². The topological polar surface area (TPSA) is 37.6 Å². The number of rotatable bonds is 3. The molecule has 4 heteroatoms. The molecule has 0 spiro atoms. The largest absolute Gasteiger partial charge is 0.242 e. The smallest absolute Gasteiger partial charge is 0.0736 e. The lowest BCUT2D eigenvalue weighted by Gasteiger charge is -2.14. The third-order valence-corrected chi connectivity index (χ3v) is 2.52. The summed E-state index contributed by atoms with van der Waals surface area (Å²) in [6.07, 6.45) is 1.93. The highest BCUT2D eigenvalue weighted by molar-refractivity contribution is 5.83. The van der Waals surface area contributed by atoms with Crippen LogP contribution in [-0.4, -0.2) is 11.2 Å². The molecule has 2 rings (SSSR count). The van der Waals surface area contributed by atoms with Crippen molar-refractivity contribution in [3.8, 4) is 0 Å². The maximum Gasteiger partial charge on any atom is 0.0736 e. The van der Waals surface area contributed by atoms with Gasteiger partial charge in [-0.25, -0.2) is 4.68 Å². The minimum atomic E-state index is 0.557. The Kier molecular flexibility index (Phi) is 2.41. The second-order valence-corrected chi connectivity index (χ2v) is 3.44. The average Bonchev–Trinajstić information content (AvgIpc) is 2.60. The van der Waals surface area contributed by atoms with Gasteiger partial charge in [0, 0.05) is 11.6 Å². The fourth-order valence-electron chi connectivity index (χ4n) is 1.77. The molecule has 0 saturated carbocycles. The molecular weight excluding hydrogens is 190 g/mol. The molecule has 1 aromatic heterocycles. The molecule has 78 valence electrons. The minimum absolute atomic E-state index is 0.557. The van der Waals surface area contributed by atoms with Gasteiger partial charge in [0.2, 0.25) is 0 Å². The van der Waals surface area contributed by atoms with Crippen LogP contribution in [0.1, 0.15) is 12.5 Å². The number of nitrogens with zero attached hydrogens (tertiary/aromatic N) is 3. The molecule has 0 unspecified atom stereocenters. The lowest BCUT2D eigenvalue weighted by Crippen LogP contribution is -2.26. The molecule has 0 amide bonds. The van der Waals surface area contributed by atoms with Gasteiger partial charge in [-0.2, -0.15) is 5.12 Å². The predicted octanol–water partition coefficient (Wildman–Crippen LogP) is 2.59. The molecule has 4 nitrogen and oxygen atoms in total. The van der Waals surface area contributed by atoms with Gasteiger partial charge in [-0.15, -0.1) is 4.91 Å². The predicted molar refractivity (Wildman–Crippen MR) is 61.2 cm³/mol. The van der Waals surface area contributed by atoms with Crippen LogP contribution in [0.5, 0.6) is 0 Å². The van der Waals surface area contributed by atoms with Crippen LogP contribution in [0.3, 0.4) is 0 Å². The highest BCUT2D eigenvalue weighted by atomic mass is 16.3. The molecule has 0 saturated heterocycles. The second kappa shape index (κ2) is 3.73. The van der Waals surface area contributed by atoms with Crippen molar-refractivity contribution in [3.63, 3.8) is 0 Å². The molecule has 0 aliphatic rings. The molecule has 15 heavy (non-hydrogen) atoms. The van der Waals surface area contributed by atoms with Crippen molar-refractivity contribution in [1.29, 1.82) is 0 Å². The van der Waals surface area contributed by atoms with Gasteiger partial charge in [0.15, 0.2) is 0 Å². The van der Waals surface area contributed by atoms with E-state index in [9.17, 15) is 4.91 Å². The Bertz CT molecular complexity index is 490. The number of hydrogen-bond acceptors (Lipinski definition) is 2. The number of fused-ring (bicyclic) bond motifs is 1. The van der Waals surface area contributed by atoms with Crippen LogP contribution < -0.4 is 5.12 Å². The van der Waals surface area contributed by atoms with Crippen molar-refractivity contribution in [2.75, 3.05) is 11.7 Å². The van der Waals surface area contributed by atoms with E-state index in [1.807, 2.05) is 44.3 Å². The Morgan fingerprint density at radius 2 is 2.13 bits per heavy atom. The summed E-state index contributed by atoms with van der Waals surface area (Å²) >= 11 is 0. The maximum atomic E-state index is 10.6. The van der Waals surface area contributed by atoms with Gasteiger partial charge in [-0.1, -0.05) is 18.2 Å². The molecule has 0 bridgehead atoms. The molecule has 0 atom stereocenters. The van der Waals surface area contributed by atoms with E-state index in [-0.39, 0.29) is 0 Å². The van der Waals surface area contributed by atoms with Gasteiger partial charge >= 0.3 is 0 Å². The third-order valence-electron chi connectivity index (χ3n) is 2.52. The van der Waals surface area contributed by atoms with E-state index < -0.39 is 0 Å². The first-order valence-corrected chi connectivity index (χ1v) is 4.95. The fraction of sp³-hybridized carbons (Fsp3) is 0.273. The molecule has 0 fully saturated rings. The van der Waals surface area contributed by atoms with Crippen LogP contribution in [0.4, 0.5) is 0 Å². The average molecular weight is 203 g/mol. The molecular formula is C11H13N3O. The first-order valence-electron chi connectivity index (χ1n) is 4.95. The van der Waals surface area contributed by atoms with Gasteiger partial charge in [-0.3, -0.25) is 0 Å². The standard InChI is InChI=1S/C11H13N3O/c1-3-14(12-15)13-8-9(2)10-6-4-5-7-11(10)13/h4-8H,3H2,1-2H3. The van der Waals surface area contributed by atoms with Gasteiger partial charge in [-0.05, 0) is 25.5 Å². The molecule has 1 aromatic carbocycles. The Balaban J connectivity index is 2.66. The first-order chi connectivity index (χ1) is 7.27. The first kappa shape index (κ1) is 9.71. The van der Waals surface area contributed by atoms with Crippen molar-refractivity contribution < 1.29 is 0 Å². The summed E-state index contributed by atoms with van der Waals surface area (Å²) < 4.78 is 1.79. The number of nitroso groups, excluding NO2 is 1. The van der Waals surface area contributed by atoms with Gasteiger partial charge in [0.25, 0.3) is 0 Å². The molecule has 0 aliphatic heterocycles. The summed E-state index contributed by atoms with van der Waals surface area (Å²) in [5.41, 5.74) is 2.16. The summed E-state index contributed by atoms with van der Waals surface area (Å²) in [5, 5.41) is 5.54. The Labute approximate surface area is 88.0 Å². The summed E-state index contributed by atoms with van der Waals surface area (Å²) in [5.74, 6) is 0. The van der Waals surface area contributed by atoms with E-state index in [2.05, 4.69) is 5.29 Å².